The molecule has 0 radical (unpaired) electrons. The number of carbonyl (C=O) groups is 2. The molecule has 1 amide bonds. The molecule has 1 aromatic carbocycles. The molecule has 0 saturated heterocycles. The molecule has 0 aliphatic heterocycles. The fourth-order valence-corrected chi connectivity index (χ4v) is 1.79. The van der Waals surface area contributed by atoms with E-state index in [4.69, 9.17) is 16.3 Å². The molecule has 5 heteroatoms. The molecule has 0 spiro atoms. The van der Waals surface area contributed by atoms with Crippen molar-refractivity contribution in [2.45, 2.75) is 46.1 Å². The number of anilines is 1. The first kappa shape index (κ1) is 16.5. The summed E-state index contributed by atoms with van der Waals surface area (Å²) in [4.78, 5) is 22.7. The molecule has 20 heavy (non-hydrogen) atoms. The second-order valence-electron chi connectivity index (χ2n) is 5.64. The summed E-state index contributed by atoms with van der Waals surface area (Å²) in [7, 11) is 0. The van der Waals surface area contributed by atoms with Gasteiger partial charge >= 0.3 is 6.09 Å². The summed E-state index contributed by atoms with van der Waals surface area (Å²) in [5.74, 6) is 0.103. The second kappa shape index (κ2) is 6.75. The van der Waals surface area contributed by atoms with Gasteiger partial charge in [-0.3, -0.25) is 5.32 Å². The van der Waals surface area contributed by atoms with Crippen molar-refractivity contribution < 1.29 is 14.3 Å². The highest BCUT2D eigenvalue weighted by Crippen LogP contribution is 2.22. The van der Waals surface area contributed by atoms with Gasteiger partial charge in [0.1, 0.15) is 11.4 Å². The first-order valence-electron chi connectivity index (χ1n) is 6.45. The fourth-order valence-electron chi connectivity index (χ4n) is 1.58. The van der Waals surface area contributed by atoms with Gasteiger partial charge < -0.3 is 9.53 Å². The van der Waals surface area contributed by atoms with Crippen molar-refractivity contribution in [1.82, 2.24) is 0 Å². The molecule has 4 nitrogen and oxygen atoms in total. The minimum atomic E-state index is -0.548. The number of amides is 1. The Hall–Kier alpha value is -1.55. The number of nitrogens with one attached hydrogen (secondary N) is 1. The molecule has 0 fully saturated rings. The third-order valence-corrected chi connectivity index (χ3v) is 2.81. The van der Waals surface area contributed by atoms with Crippen LogP contribution in [0.2, 0.25) is 5.02 Å². The number of benzene rings is 1. The van der Waals surface area contributed by atoms with Crippen LogP contribution in [0.15, 0.2) is 18.2 Å². The third kappa shape index (κ3) is 6.06. The molecular formula is C15H20ClNO3. The molecule has 0 aliphatic carbocycles. The van der Waals surface area contributed by atoms with Crippen molar-refractivity contribution in [1.29, 1.82) is 0 Å². The van der Waals surface area contributed by atoms with Gasteiger partial charge in [0, 0.05) is 17.1 Å². The highest BCUT2D eigenvalue weighted by atomic mass is 35.5. The normalized spacial score (nSPS) is 11.1. The Balaban J connectivity index is 2.74. The van der Waals surface area contributed by atoms with Crippen molar-refractivity contribution >= 4 is 29.2 Å². The van der Waals surface area contributed by atoms with Crippen molar-refractivity contribution in [3.8, 4) is 0 Å². The molecular weight excluding hydrogens is 278 g/mol. The molecule has 0 atom stereocenters. The van der Waals surface area contributed by atoms with Gasteiger partial charge in [0.25, 0.3) is 0 Å². The average Bonchev–Trinajstić information content (AvgIpc) is 2.27. The maximum absolute atomic E-state index is 11.7. The number of ether oxygens (including phenoxy) is 1. The molecule has 1 aromatic rings. The molecule has 0 bridgehead atoms. The minimum Gasteiger partial charge on any atom is -0.444 e. The summed E-state index contributed by atoms with van der Waals surface area (Å²) in [5.41, 5.74) is 0.881. The number of rotatable bonds is 4. The Morgan fingerprint density at radius 2 is 1.95 bits per heavy atom. The van der Waals surface area contributed by atoms with Crippen molar-refractivity contribution in [2.24, 2.45) is 0 Å². The van der Waals surface area contributed by atoms with Crippen LogP contribution in [0.4, 0.5) is 10.5 Å². The lowest BCUT2D eigenvalue weighted by Gasteiger charge is -2.20. The van der Waals surface area contributed by atoms with Crippen molar-refractivity contribution in [3.63, 3.8) is 0 Å². The number of hydrogen-bond acceptors (Lipinski definition) is 3. The smallest absolute Gasteiger partial charge is 0.412 e. The highest BCUT2D eigenvalue weighted by Gasteiger charge is 2.16. The van der Waals surface area contributed by atoms with Gasteiger partial charge in [-0.1, -0.05) is 11.6 Å². The van der Waals surface area contributed by atoms with Gasteiger partial charge in [-0.15, -0.1) is 0 Å². The Kier molecular flexibility index (Phi) is 5.57. The van der Waals surface area contributed by atoms with E-state index in [0.29, 0.717) is 23.6 Å². The molecule has 0 aliphatic rings. The lowest BCUT2D eigenvalue weighted by atomic mass is 10.1. The van der Waals surface area contributed by atoms with E-state index >= 15 is 0 Å². The van der Waals surface area contributed by atoms with E-state index < -0.39 is 11.7 Å². The molecule has 0 saturated carbocycles. The summed E-state index contributed by atoms with van der Waals surface area (Å²) >= 11 is 6.07. The van der Waals surface area contributed by atoms with Crippen LogP contribution >= 0.6 is 11.6 Å². The largest absolute Gasteiger partial charge is 0.444 e. The summed E-state index contributed by atoms with van der Waals surface area (Å²) < 4.78 is 5.17. The van der Waals surface area contributed by atoms with Crippen LogP contribution in [0.25, 0.3) is 0 Å². The second-order valence-corrected chi connectivity index (χ2v) is 6.04. The average molecular weight is 298 g/mol. The van der Waals surface area contributed by atoms with Gasteiger partial charge in [-0.25, -0.2) is 4.79 Å². The van der Waals surface area contributed by atoms with E-state index in [2.05, 4.69) is 5.32 Å². The number of Topliss-reactive ketones (excluding diaryl/α,β-unsaturated/α-hetero) is 1. The zero-order valence-corrected chi connectivity index (χ0v) is 13.0. The van der Waals surface area contributed by atoms with Gasteiger partial charge in [0.05, 0.1) is 0 Å². The van der Waals surface area contributed by atoms with E-state index in [9.17, 15) is 9.59 Å². The zero-order chi connectivity index (χ0) is 15.3. The Morgan fingerprint density at radius 1 is 1.30 bits per heavy atom. The van der Waals surface area contributed by atoms with E-state index in [1.165, 1.54) is 6.92 Å². The Morgan fingerprint density at radius 3 is 2.50 bits per heavy atom. The van der Waals surface area contributed by atoms with Gasteiger partial charge in [-0.05, 0) is 57.9 Å². The molecule has 0 heterocycles. The zero-order valence-electron chi connectivity index (χ0n) is 12.2. The van der Waals surface area contributed by atoms with Gasteiger partial charge in [0.15, 0.2) is 0 Å². The number of ketones is 1. The number of hydrogen-bond donors (Lipinski definition) is 1. The predicted octanol–water partition coefficient (Wildman–Crippen LogP) is 4.21. The maximum Gasteiger partial charge on any atom is 0.412 e. The monoisotopic (exact) mass is 297 g/mol. The summed E-state index contributed by atoms with van der Waals surface area (Å²) in [6, 6.07) is 5.16. The lowest BCUT2D eigenvalue weighted by Crippen LogP contribution is -2.27. The Labute approximate surface area is 124 Å². The van der Waals surface area contributed by atoms with Crippen LogP contribution in [-0.2, 0) is 16.0 Å². The molecule has 0 unspecified atom stereocenters. The molecule has 0 aromatic heterocycles. The first-order valence-corrected chi connectivity index (χ1v) is 6.83. The maximum atomic E-state index is 11.7. The van der Waals surface area contributed by atoms with E-state index in [-0.39, 0.29) is 5.78 Å². The van der Waals surface area contributed by atoms with Crippen LogP contribution in [0, 0.1) is 0 Å². The Bertz CT molecular complexity index is 506. The molecule has 110 valence electrons. The fraction of sp³-hybridized carbons (Fsp3) is 0.467. The standard InChI is InChI=1S/C15H20ClNO3/c1-10(18)5-6-11-9-12(7-8-13(11)16)17-14(19)20-15(2,3)4/h7-9H,5-6H2,1-4H3,(H,17,19). The SMILES string of the molecule is CC(=O)CCc1cc(NC(=O)OC(C)(C)C)ccc1Cl. The summed E-state index contributed by atoms with van der Waals surface area (Å²) in [6.07, 6.45) is 0.463. The number of carbonyl (C=O) groups excluding carboxylic acids is 2. The van der Waals surface area contributed by atoms with E-state index in [1.54, 1.807) is 39.0 Å². The summed E-state index contributed by atoms with van der Waals surface area (Å²) in [5, 5.41) is 3.23. The predicted molar refractivity (Wildman–Crippen MR) is 80.3 cm³/mol. The topological polar surface area (TPSA) is 55.4 Å². The quantitative estimate of drug-likeness (QED) is 0.905. The van der Waals surface area contributed by atoms with E-state index in [0.717, 1.165) is 5.56 Å². The summed E-state index contributed by atoms with van der Waals surface area (Å²) in [6.45, 7) is 6.93. The van der Waals surface area contributed by atoms with Crippen LogP contribution in [-0.4, -0.2) is 17.5 Å². The van der Waals surface area contributed by atoms with Gasteiger partial charge in [-0.2, -0.15) is 0 Å². The van der Waals surface area contributed by atoms with Crippen LogP contribution in [0.1, 0.15) is 39.7 Å². The third-order valence-electron chi connectivity index (χ3n) is 2.44. The molecule has 1 rings (SSSR count). The van der Waals surface area contributed by atoms with E-state index in [1.807, 2.05) is 0 Å². The minimum absolute atomic E-state index is 0.103. The number of halogens is 1. The van der Waals surface area contributed by atoms with Crippen LogP contribution in [0.3, 0.4) is 0 Å². The first-order chi connectivity index (χ1) is 9.17. The highest BCUT2D eigenvalue weighted by molar-refractivity contribution is 6.31. The number of aryl methyl sites for hydroxylation is 1. The van der Waals surface area contributed by atoms with Gasteiger partial charge in [0.2, 0.25) is 0 Å². The lowest BCUT2D eigenvalue weighted by molar-refractivity contribution is -0.116. The molecule has 1 N–H and O–H groups in total. The van der Waals surface area contributed by atoms with Crippen molar-refractivity contribution in [2.75, 3.05) is 5.32 Å². The van der Waals surface area contributed by atoms with Crippen LogP contribution < -0.4 is 5.32 Å². The van der Waals surface area contributed by atoms with Crippen molar-refractivity contribution in [3.05, 3.63) is 28.8 Å². The van der Waals surface area contributed by atoms with Crippen LogP contribution in [0.5, 0.6) is 0 Å².